The van der Waals surface area contributed by atoms with Crippen LogP contribution in [-0.2, 0) is 9.53 Å². The number of hydrogen-bond donors (Lipinski definition) is 0. The van der Waals surface area contributed by atoms with Gasteiger partial charge in [-0.1, -0.05) is 230 Å². The lowest BCUT2D eigenvalue weighted by atomic mass is 10.0. The Morgan fingerprint density at radius 3 is 1.12 bits per heavy atom. The minimum absolute atomic E-state index is 0.00996. The van der Waals surface area contributed by atoms with Crippen LogP contribution in [0, 0.1) is 0 Å². The summed E-state index contributed by atoms with van der Waals surface area (Å²) in [6.07, 6.45) is 61.1. The molecule has 0 heterocycles. The molecule has 0 unspecified atom stereocenters. The van der Waals surface area contributed by atoms with Crippen LogP contribution in [0.4, 0.5) is 0 Å². The van der Waals surface area contributed by atoms with E-state index in [0.29, 0.717) is 13.0 Å². The fraction of sp³-hybridized carbons (Fsp3) is 0.848. The topological polar surface area (TPSA) is 26.3 Å². The number of hydrogen-bond acceptors (Lipinski definition) is 2. The molecule has 2 heteroatoms. The van der Waals surface area contributed by atoms with Crippen molar-refractivity contribution in [2.75, 3.05) is 6.61 Å². The van der Waals surface area contributed by atoms with Crippen LogP contribution in [0.25, 0.3) is 0 Å². The Hall–Kier alpha value is -1.31. The monoisotopic (exact) mass is 671 g/mol. The van der Waals surface area contributed by atoms with Gasteiger partial charge in [0.1, 0.15) is 0 Å². The molecule has 0 saturated carbocycles. The highest BCUT2D eigenvalue weighted by atomic mass is 16.5. The van der Waals surface area contributed by atoms with E-state index < -0.39 is 0 Å². The van der Waals surface area contributed by atoms with Gasteiger partial charge in [0.25, 0.3) is 0 Å². The van der Waals surface area contributed by atoms with Gasteiger partial charge in [-0.2, -0.15) is 0 Å². The summed E-state index contributed by atoms with van der Waals surface area (Å²) in [7, 11) is 0. The molecule has 0 amide bonds. The number of esters is 1. The van der Waals surface area contributed by atoms with Crippen molar-refractivity contribution < 1.29 is 9.53 Å². The summed E-state index contributed by atoms with van der Waals surface area (Å²) in [5.41, 5.74) is 0. The number of ether oxygens (including phenoxy) is 1. The Balaban J connectivity index is 3.19. The van der Waals surface area contributed by atoms with E-state index in [-0.39, 0.29) is 5.97 Å². The third-order valence-corrected chi connectivity index (χ3v) is 9.79. The summed E-state index contributed by atoms with van der Waals surface area (Å²) < 4.78 is 5.46. The van der Waals surface area contributed by atoms with Crippen LogP contribution in [0.3, 0.4) is 0 Å². The first-order valence-electron chi connectivity index (χ1n) is 21.9. The molecule has 0 aliphatic rings. The molecule has 0 rings (SSSR count). The van der Waals surface area contributed by atoms with Gasteiger partial charge < -0.3 is 4.74 Å². The lowest BCUT2D eigenvalue weighted by molar-refractivity contribution is -0.143. The highest BCUT2D eigenvalue weighted by molar-refractivity contribution is 5.69. The van der Waals surface area contributed by atoms with Crippen LogP contribution in [0.5, 0.6) is 0 Å². The average Bonchev–Trinajstić information content (AvgIpc) is 3.09. The molecule has 0 aliphatic heterocycles. The first-order chi connectivity index (χ1) is 23.8. The predicted octanol–water partition coefficient (Wildman–Crippen LogP) is 16.3. The lowest BCUT2D eigenvalue weighted by Gasteiger charge is -2.06. The summed E-state index contributed by atoms with van der Waals surface area (Å²) in [6.45, 7) is 5.09. The molecule has 0 fully saturated rings. The molecule has 0 aromatic heterocycles. The van der Waals surface area contributed by atoms with Crippen LogP contribution in [0.15, 0.2) is 36.5 Å². The summed E-state index contributed by atoms with van der Waals surface area (Å²) in [4.78, 5) is 12.0. The summed E-state index contributed by atoms with van der Waals surface area (Å²) in [6, 6.07) is 0. The van der Waals surface area contributed by atoms with Gasteiger partial charge in [0.2, 0.25) is 0 Å². The third-order valence-electron chi connectivity index (χ3n) is 9.79. The van der Waals surface area contributed by atoms with Crippen molar-refractivity contribution in [3.05, 3.63) is 36.5 Å². The zero-order chi connectivity index (χ0) is 34.7. The quantitative estimate of drug-likeness (QED) is 0.0368. The van der Waals surface area contributed by atoms with Gasteiger partial charge in [-0.3, -0.25) is 4.79 Å². The first-order valence-corrected chi connectivity index (χ1v) is 21.9. The molecule has 48 heavy (non-hydrogen) atoms. The van der Waals surface area contributed by atoms with Crippen molar-refractivity contribution >= 4 is 5.97 Å². The molecule has 0 spiro atoms. The predicted molar refractivity (Wildman–Crippen MR) is 216 cm³/mol. The lowest BCUT2D eigenvalue weighted by Crippen LogP contribution is -2.05. The van der Waals surface area contributed by atoms with E-state index in [4.69, 9.17) is 4.74 Å². The Kier molecular flexibility index (Phi) is 42.5. The molecule has 0 bridgehead atoms. The van der Waals surface area contributed by atoms with Gasteiger partial charge in [0.15, 0.2) is 0 Å². The number of carbonyl (C=O) groups excluding carboxylic acids is 1. The Bertz CT molecular complexity index is 690. The molecule has 0 radical (unpaired) electrons. The van der Waals surface area contributed by atoms with Crippen LogP contribution >= 0.6 is 0 Å². The molecular weight excluding hydrogens is 585 g/mol. The van der Waals surface area contributed by atoms with E-state index in [1.54, 1.807) is 0 Å². The fourth-order valence-corrected chi connectivity index (χ4v) is 6.56. The van der Waals surface area contributed by atoms with E-state index in [0.717, 1.165) is 38.5 Å². The van der Waals surface area contributed by atoms with Crippen molar-refractivity contribution in [3.63, 3.8) is 0 Å². The first kappa shape index (κ1) is 46.7. The minimum Gasteiger partial charge on any atom is -0.466 e. The van der Waals surface area contributed by atoms with Crippen molar-refractivity contribution in [1.29, 1.82) is 0 Å². The summed E-state index contributed by atoms with van der Waals surface area (Å²) in [5.74, 6) is 0.00996. The van der Waals surface area contributed by atoms with E-state index in [9.17, 15) is 4.79 Å². The van der Waals surface area contributed by atoms with E-state index in [2.05, 4.69) is 50.3 Å². The maximum absolute atomic E-state index is 12.0. The van der Waals surface area contributed by atoms with Crippen LogP contribution in [-0.4, -0.2) is 12.6 Å². The van der Waals surface area contributed by atoms with Gasteiger partial charge in [-0.25, -0.2) is 0 Å². The van der Waals surface area contributed by atoms with Crippen molar-refractivity contribution in [1.82, 2.24) is 0 Å². The maximum atomic E-state index is 12.0. The van der Waals surface area contributed by atoms with Gasteiger partial charge in [0.05, 0.1) is 6.61 Å². The van der Waals surface area contributed by atoms with Crippen molar-refractivity contribution in [2.45, 2.75) is 245 Å². The molecule has 0 atom stereocenters. The number of rotatable bonds is 40. The summed E-state index contributed by atoms with van der Waals surface area (Å²) in [5, 5.41) is 0. The van der Waals surface area contributed by atoms with Crippen LogP contribution in [0.1, 0.15) is 245 Å². The number of allylic oxidation sites excluding steroid dienone is 6. The zero-order valence-corrected chi connectivity index (χ0v) is 32.9. The molecule has 0 aliphatic carbocycles. The minimum atomic E-state index is 0.00996. The highest BCUT2D eigenvalue weighted by Gasteiger charge is 2.02. The smallest absolute Gasteiger partial charge is 0.305 e. The molecule has 0 N–H and O–H groups in total. The average molecular weight is 671 g/mol. The normalized spacial score (nSPS) is 12.0. The second kappa shape index (κ2) is 43.7. The molecule has 0 saturated heterocycles. The second-order valence-electron chi connectivity index (χ2n) is 14.7. The Morgan fingerprint density at radius 1 is 0.375 bits per heavy atom. The van der Waals surface area contributed by atoms with E-state index >= 15 is 0 Å². The second-order valence-corrected chi connectivity index (χ2v) is 14.7. The molecule has 0 aromatic rings. The highest BCUT2D eigenvalue weighted by Crippen LogP contribution is 2.16. The van der Waals surface area contributed by atoms with Gasteiger partial charge in [-0.05, 0) is 44.9 Å². The van der Waals surface area contributed by atoms with Gasteiger partial charge >= 0.3 is 5.97 Å². The standard InChI is InChI=1S/C46H86O2/c1-3-5-7-9-11-13-15-17-19-20-21-22-23-24-25-26-27-28-29-31-33-35-37-39-41-43-45-48-46(47)44-42-40-38-36-34-32-30-18-16-14-12-10-8-6-4-2/h6,8,12,14,18,30H,3-5,7,9-11,13,15-17,19-29,31-45H2,1-2H3/b8-6-,14-12-,30-18-. The molecule has 2 nitrogen and oxygen atoms in total. The SMILES string of the molecule is CC/C=C\C/C=C\C/C=C\CCCCCCCC(=O)OCCCCCCCCCCCCCCCCCCCCCCCCCCCC. The van der Waals surface area contributed by atoms with Gasteiger partial charge in [0, 0.05) is 6.42 Å². The molecular formula is C46H86O2. The van der Waals surface area contributed by atoms with Crippen molar-refractivity contribution in [2.24, 2.45) is 0 Å². The summed E-state index contributed by atoms with van der Waals surface area (Å²) >= 11 is 0. The zero-order valence-electron chi connectivity index (χ0n) is 32.9. The Morgan fingerprint density at radius 2 is 0.708 bits per heavy atom. The fourth-order valence-electron chi connectivity index (χ4n) is 6.56. The van der Waals surface area contributed by atoms with E-state index in [1.807, 2.05) is 0 Å². The van der Waals surface area contributed by atoms with Crippen molar-refractivity contribution in [3.8, 4) is 0 Å². The number of unbranched alkanes of at least 4 members (excludes halogenated alkanes) is 30. The molecule has 0 aromatic carbocycles. The number of carbonyl (C=O) groups is 1. The van der Waals surface area contributed by atoms with E-state index in [1.165, 1.54) is 186 Å². The molecule has 282 valence electrons. The largest absolute Gasteiger partial charge is 0.466 e. The third kappa shape index (κ3) is 42.7. The Labute approximate surface area is 302 Å². The van der Waals surface area contributed by atoms with Gasteiger partial charge in [-0.15, -0.1) is 0 Å². The maximum Gasteiger partial charge on any atom is 0.305 e. The van der Waals surface area contributed by atoms with Crippen LogP contribution < -0.4 is 0 Å². The van der Waals surface area contributed by atoms with Crippen LogP contribution in [0.2, 0.25) is 0 Å².